The van der Waals surface area contributed by atoms with Gasteiger partial charge in [-0.1, -0.05) is 0 Å². The summed E-state index contributed by atoms with van der Waals surface area (Å²) in [7, 11) is 2.90. The van der Waals surface area contributed by atoms with Gasteiger partial charge in [0.1, 0.15) is 5.54 Å². The highest BCUT2D eigenvalue weighted by atomic mass is 16.7. The lowest BCUT2D eigenvalue weighted by molar-refractivity contribution is -0.141. The van der Waals surface area contributed by atoms with Crippen LogP contribution in [-0.2, 0) is 14.3 Å². The number of amides is 1. The molecular formula is C16H19NO8. The molecule has 136 valence electrons. The first kappa shape index (κ1) is 18.4. The average molecular weight is 353 g/mol. The number of esters is 1. The maximum Gasteiger partial charge on any atom is 0.411 e. The standard InChI is InChI=1S/C16H19NO8/c1-9(25-15(21)17-16(6-7-16)14(19)20)24-13(18)10-4-5-11(22-2)12(8-10)23-3/h4-5,8-9H,6-7H2,1-3H3,(H,17,21)(H,19,20). The number of nitrogens with one attached hydrogen (secondary N) is 1. The first-order chi connectivity index (χ1) is 11.8. The van der Waals surface area contributed by atoms with E-state index in [1.165, 1.54) is 39.3 Å². The zero-order chi connectivity index (χ0) is 18.6. The van der Waals surface area contributed by atoms with Gasteiger partial charge in [0.25, 0.3) is 0 Å². The number of alkyl carbamates (subject to hydrolysis) is 1. The van der Waals surface area contributed by atoms with Crippen LogP contribution in [0.2, 0.25) is 0 Å². The summed E-state index contributed by atoms with van der Waals surface area (Å²) >= 11 is 0. The van der Waals surface area contributed by atoms with Crippen molar-refractivity contribution in [1.29, 1.82) is 0 Å². The van der Waals surface area contributed by atoms with Gasteiger partial charge in [-0.25, -0.2) is 14.4 Å². The lowest BCUT2D eigenvalue weighted by Gasteiger charge is -2.17. The van der Waals surface area contributed by atoms with Gasteiger partial charge >= 0.3 is 18.0 Å². The second kappa shape index (κ2) is 7.29. The number of carboxylic acid groups (broad SMARTS) is 1. The minimum absolute atomic E-state index is 0.178. The summed E-state index contributed by atoms with van der Waals surface area (Å²) in [5.41, 5.74) is -1.10. The summed E-state index contributed by atoms with van der Waals surface area (Å²) in [6, 6.07) is 4.44. The summed E-state index contributed by atoms with van der Waals surface area (Å²) in [6.45, 7) is 1.35. The number of carbonyl (C=O) groups is 3. The molecule has 1 aromatic carbocycles. The van der Waals surface area contributed by atoms with Crippen LogP contribution in [0.3, 0.4) is 0 Å². The molecule has 1 unspecified atom stereocenters. The van der Waals surface area contributed by atoms with Crippen LogP contribution in [0.5, 0.6) is 11.5 Å². The van der Waals surface area contributed by atoms with Crippen LogP contribution in [0.4, 0.5) is 4.79 Å². The Morgan fingerprint density at radius 1 is 1.12 bits per heavy atom. The van der Waals surface area contributed by atoms with Gasteiger partial charge in [-0.3, -0.25) is 0 Å². The van der Waals surface area contributed by atoms with Crippen molar-refractivity contribution in [2.45, 2.75) is 31.6 Å². The fourth-order valence-electron chi connectivity index (χ4n) is 2.10. The second-order valence-corrected chi connectivity index (χ2v) is 5.46. The Hall–Kier alpha value is -2.97. The number of benzene rings is 1. The molecule has 25 heavy (non-hydrogen) atoms. The molecule has 9 nitrogen and oxygen atoms in total. The Balaban J connectivity index is 1.91. The van der Waals surface area contributed by atoms with E-state index in [4.69, 9.17) is 24.1 Å². The van der Waals surface area contributed by atoms with Gasteiger partial charge in [0, 0.05) is 6.92 Å². The van der Waals surface area contributed by atoms with Crippen LogP contribution in [0.25, 0.3) is 0 Å². The highest BCUT2D eigenvalue weighted by Crippen LogP contribution is 2.35. The molecular weight excluding hydrogens is 334 g/mol. The molecule has 9 heteroatoms. The number of ether oxygens (including phenoxy) is 4. The molecule has 1 fully saturated rings. The molecule has 0 spiro atoms. The lowest BCUT2D eigenvalue weighted by Crippen LogP contribution is -2.44. The van der Waals surface area contributed by atoms with Gasteiger partial charge in [0.2, 0.25) is 6.29 Å². The molecule has 1 aliphatic carbocycles. The van der Waals surface area contributed by atoms with Crippen LogP contribution in [0, 0.1) is 0 Å². The van der Waals surface area contributed by atoms with E-state index < -0.39 is 29.9 Å². The number of hydrogen-bond acceptors (Lipinski definition) is 7. The molecule has 1 amide bonds. The van der Waals surface area contributed by atoms with Gasteiger partial charge in [-0.05, 0) is 31.0 Å². The van der Waals surface area contributed by atoms with Crippen molar-refractivity contribution in [1.82, 2.24) is 5.32 Å². The van der Waals surface area contributed by atoms with E-state index in [2.05, 4.69) is 5.32 Å². The topological polar surface area (TPSA) is 120 Å². The molecule has 0 aliphatic heterocycles. The fraction of sp³-hybridized carbons (Fsp3) is 0.438. The van der Waals surface area contributed by atoms with Crippen molar-refractivity contribution in [2.75, 3.05) is 14.2 Å². The first-order valence-electron chi connectivity index (χ1n) is 7.46. The maximum atomic E-state index is 12.1. The van der Waals surface area contributed by atoms with Crippen molar-refractivity contribution in [3.05, 3.63) is 23.8 Å². The van der Waals surface area contributed by atoms with E-state index in [0.717, 1.165) is 0 Å². The van der Waals surface area contributed by atoms with Gasteiger partial charge in [-0.2, -0.15) is 0 Å². The second-order valence-electron chi connectivity index (χ2n) is 5.46. The van der Waals surface area contributed by atoms with E-state index in [0.29, 0.717) is 24.3 Å². The summed E-state index contributed by atoms with van der Waals surface area (Å²) in [5, 5.41) is 11.3. The van der Waals surface area contributed by atoms with E-state index in [1.807, 2.05) is 0 Å². The Morgan fingerprint density at radius 3 is 2.28 bits per heavy atom. The SMILES string of the molecule is COc1ccc(C(=O)OC(C)OC(=O)NC2(C(=O)O)CC2)cc1OC. The summed E-state index contributed by atoms with van der Waals surface area (Å²) in [5.74, 6) is -1.06. The molecule has 0 radical (unpaired) electrons. The molecule has 0 heterocycles. The number of aliphatic carboxylic acids is 1. The molecule has 0 bridgehead atoms. The maximum absolute atomic E-state index is 12.1. The molecule has 2 rings (SSSR count). The third-order valence-electron chi connectivity index (χ3n) is 3.67. The van der Waals surface area contributed by atoms with Crippen LogP contribution in [0.15, 0.2) is 18.2 Å². The van der Waals surface area contributed by atoms with Gasteiger partial charge in [0.15, 0.2) is 11.5 Å². The van der Waals surface area contributed by atoms with Crippen LogP contribution >= 0.6 is 0 Å². The zero-order valence-electron chi connectivity index (χ0n) is 14.0. The number of carbonyl (C=O) groups excluding carboxylic acids is 2. The minimum atomic E-state index is -1.27. The first-order valence-corrected chi connectivity index (χ1v) is 7.46. The van der Waals surface area contributed by atoms with Gasteiger partial charge < -0.3 is 29.4 Å². The van der Waals surface area contributed by atoms with Crippen molar-refractivity contribution in [3.63, 3.8) is 0 Å². The summed E-state index contributed by atoms with van der Waals surface area (Å²) in [4.78, 5) is 34.8. The molecule has 1 aromatic rings. The van der Waals surface area contributed by atoms with E-state index in [9.17, 15) is 14.4 Å². The smallest absolute Gasteiger partial charge is 0.411 e. The monoisotopic (exact) mass is 353 g/mol. The zero-order valence-corrected chi connectivity index (χ0v) is 14.0. The highest BCUT2D eigenvalue weighted by Gasteiger charge is 2.52. The predicted octanol–water partition coefficient (Wildman–Crippen LogP) is 1.55. The van der Waals surface area contributed by atoms with Crippen LogP contribution in [0.1, 0.15) is 30.1 Å². The van der Waals surface area contributed by atoms with E-state index >= 15 is 0 Å². The van der Waals surface area contributed by atoms with E-state index in [1.54, 1.807) is 0 Å². The largest absolute Gasteiger partial charge is 0.493 e. The lowest BCUT2D eigenvalue weighted by atomic mass is 10.2. The van der Waals surface area contributed by atoms with E-state index in [-0.39, 0.29) is 5.56 Å². The molecule has 1 atom stereocenters. The number of rotatable bonds is 7. The van der Waals surface area contributed by atoms with Crippen LogP contribution in [-0.4, -0.2) is 49.2 Å². The fourth-order valence-corrected chi connectivity index (χ4v) is 2.10. The molecule has 2 N–H and O–H groups in total. The molecule has 0 saturated heterocycles. The molecule has 1 aliphatic rings. The predicted molar refractivity (Wildman–Crippen MR) is 83.6 cm³/mol. The Kier molecular flexibility index (Phi) is 5.35. The average Bonchev–Trinajstić information content (AvgIpc) is 3.34. The van der Waals surface area contributed by atoms with Crippen molar-refractivity contribution < 1.29 is 38.4 Å². The number of methoxy groups -OCH3 is 2. The van der Waals surface area contributed by atoms with Crippen molar-refractivity contribution >= 4 is 18.0 Å². The molecule has 1 saturated carbocycles. The summed E-state index contributed by atoms with van der Waals surface area (Å²) in [6.07, 6.45) is -1.51. The Morgan fingerprint density at radius 2 is 1.76 bits per heavy atom. The van der Waals surface area contributed by atoms with Crippen LogP contribution < -0.4 is 14.8 Å². The highest BCUT2D eigenvalue weighted by molar-refractivity contribution is 5.90. The van der Waals surface area contributed by atoms with Crippen molar-refractivity contribution in [2.24, 2.45) is 0 Å². The quantitative estimate of drug-likeness (QED) is 0.559. The van der Waals surface area contributed by atoms with Crippen molar-refractivity contribution in [3.8, 4) is 11.5 Å². The third kappa shape index (κ3) is 4.31. The molecule has 0 aromatic heterocycles. The summed E-state index contributed by atoms with van der Waals surface area (Å²) < 4.78 is 20.0. The van der Waals surface area contributed by atoms with Gasteiger partial charge in [0.05, 0.1) is 19.8 Å². The number of hydrogen-bond donors (Lipinski definition) is 2. The van der Waals surface area contributed by atoms with Gasteiger partial charge in [-0.15, -0.1) is 0 Å². The Labute approximate surface area is 143 Å². The normalized spacial score (nSPS) is 15.5. The minimum Gasteiger partial charge on any atom is -0.493 e. The Bertz CT molecular complexity index is 683. The number of carboxylic acids is 1. The third-order valence-corrected chi connectivity index (χ3v) is 3.67.